The predicted molar refractivity (Wildman–Crippen MR) is 65.4 cm³/mol. The molecule has 1 aromatic heterocycles. The van der Waals surface area contributed by atoms with Crippen molar-refractivity contribution in [2.75, 3.05) is 18.0 Å². The molecule has 0 fully saturated rings. The van der Waals surface area contributed by atoms with Gasteiger partial charge in [-0.15, -0.1) is 0 Å². The molecule has 5 nitrogen and oxygen atoms in total. The molecule has 0 bridgehead atoms. The first kappa shape index (κ1) is 13.4. The zero-order valence-electron chi connectivity index (χ0n) is 10.3. The average Bonchev–Trinajstić information content (AvgIpc) is 2.25. The number of carboxylic acid groups (broad SMARTS) is 1. The van der Waals surface area contributed by atoms with Gasteiger partial charge < -0.3 is 15.1 Å². The zero-order valence-corrected chi connectivity index (χ0v) is 10.3. The van der Waals surface area contributed by atoms with E-state index in [0.717, 1.165) is 0 Å². The summed E-state index contributed by atoms with van der Waals surface area (Å²) >= 11 is 0. The molecular weight excluding hydrogens is 220 g/mol. The van der Waals surface area contributed by atoms with Gasteiger partial charge >= 0.3 is 5.97 Å². The zero-order chi connectivity index (χ0) is 13.1. The van der Waals surface area contributed by atoms with E-state index >= 15 is 0 Å². The molecule has 17 heavy (non-hydrogen) atoms. The van der Waals surface area contributed by atoms with Gasteiger partial charge in [0.05, 0.1) is 11.2 Å². The molecule has 0 amide bonds. The summed E-state index contributed by atoms with van der Waals surface area (Å²) in [6.45, 7) is 6.55. The number of anilines is 1. The van der Waals surface area contributed by atoms with E-state index in [4.69, 9.17) is 5.11 Å². The van der Waals surface area contributed by atoms with Crippen LogP contribution in [0.1, 0.15) is 31.1 Å². The van der Waals surface area contributed by atoms with E-state index in [1.165, 1.54) is 12.3 Å². The number of hydrogen-bond donors (Lipinski definition) is 2. The minimum absolute atomic E-state index is 0.160. The highest BCUT2D eigenvalue weighted by Crippen LogP contribution is 2.14. The van der Waals surface area contributed by atoms with E-state index in [9.17, 15) is 9.90 Å². The molecule has 94 valence electrons. The number of carboxylic acids is 1. The second-order valence-corrected chi connectivity index (χ2v) is 4.54. The number of aromatic carboxylic acids is 1. The topological polar surface area (TPSA) is 73.7 Å². The molecule has 0 aliphatic carbocycles. The number of rotatable bonds is 5. The summed E-state index contributed by atoms with van der Waals surface area (Å²) in [6, 6.07) is 3.16. The van der Waals surface area contributed by atoms with Crippen molar-refractivity contribution in [2.24, 2.45) is 0 Å². The second kappa shape index (κ2) is 5.14. The van der Waals surface area contributed by atoms with Gasteiger partial charge in [-0.3, -0.25) is 0 Å². The third-order valence-corrected chi connectivity index (χ3v) is 2.28. The molecule has 1 aromatic rings. The minimum Gasteiger partial charge on any atom is -0.478 e. The van der Waals surface area contributed by atoms with E-state index in [0.29, 0.717) is 18.9 Å². The fourth-order valence-electron chi connectivity index (χ4n) is 1.52. The molecule has 1 heterocycles. The quantitative estimate of drug-likeness (QED) is 0.810. The third kappa shape index (κ3) is 4.03. The summed E-state index contributed by atoms with van der Waals surface area (Å²) in [5.74, 6) is -0.325. The standard InChI is InChI=1S/C12H18N2O3/c1-4-14(8-12(2,3)17)10-6-5-9(7-13-10)11(15)16/h5-7,17H,4,8H2,1-3H3,(H,15,16). The Morgan fingerprint density at radius 1 is 1.47 bits per heavy atom. The lowest BCUT2D eigenvalue weighted by Crippen LogP contribution is -2.39. The van der Waals surface area contributed by atoms with Gasteiger partial charge in [0.2, 0.25) is 0 Å². The van der Waals surface area contributed by atoms with E-state index in [2.05, 4.69) is 4.98 Å². The Labute approximate surface area is 101 Å². The summed E-state index contributed by atoms with van der Waals surface area (Å²) < 4.78 is 0. The average molecular weight is 238 g/mol. The number of aliphatic hydroxyl groups is 1. The normalized spacial score (nSPS) is 11.3. The Morgan fingerprint density at radius 2 is 2.12 bits per heavy atom. The Balaban J connectivity index is 2.86. The Morgan fingerprint density at radius 3 is 2.47 bits per heavy atom. The van der Waals surface area contributed by atoms with Crippen LogP contribution in [0.3, 0.4) is 0 Å². The molecule has 0 aliphatic rings. The molecular formula is C12H18N2O3. The van der Waals surface area contributed by atoms with Gasteiger partial charge in [-0.05, 0) is 32.9 Å². The van der Waals surface area contributed by atoms with Crippen molar-refractivity contribution in [3.05, 3.63) is 23.9 Å². The first-order valence-electron chi connectivity index (χ1n) is 5.50. The van der Waals surface area contributed by atoms with Crippen LogP contribution >= 0.6 is 0 Å². The Bertz CT molecular complexity index is 382. The fraction of sp³-hybridized carbons (Fsp3) is 0.500. The van der Waals surface area contributed by atoms with Crippen LogP contribution in [0.5, 0.6) is 0 Å². The summed E-state index contributed by atoms with van der Waals surface area (Å²) in [5.41, 5.74) is -0.656. The Kier molecular flexibility index (Phi) is 4.07. The fourth-order valence-corrected chi connectivity index (χ4v) is 1.52. The first-order valence-corrected chi connectivity index (χ1v) is 5.50. The van der Waals surface area contributed by atoms with Crippen LogP contribution in [0.4, 0.5) is 5.82 Å². The number of hydrogen-bond acceptors (Lipinski definition) is 4. The van der Waals surface area contributed by atoms with Crippen molar-refractivity contribution in [3.63, 3.8) is 0 Å². The maximum Gasteiger partial charge on any atom is 0.337 e. The van der Waals surface area contributed by atoms with Gasteiger partial charge in [0.15, 0.2) is 0 Å². The van der Waals surface area contributed by atoms with Crippen molar-refractivity contribution < 1.29 is 15.0 Å². The van der Waals surface area contributed by atoms with Crippen LogP contribution in [-0.4, -0.2) is 39.9 Å². The number of likely N-dealkylation sites (N-methyl/N-ethyl adjacent to an activating group) is 1. The highest BCUT2D eigenvalue weighted by atomic mass is 16.4. The molecule has 0 saturated carbocycles. The van der Waals surface area contributed by atoms with Crippen LogP contribution < -0.4 is 4.90 Å². The molecule has 0 unspecified atom stereocenters. The smallest absolute Gasteiger partial charge is 0.337 e. The summed E-state index contributed by atoms with van der Waals surface area (Å²) in [6.07, 6.45) is 1.32. The van der Waals surface area contributed by atoms with E-state index in [1.807, 2.05) is 11.8 Å². The van der Waals surface area contributed by atoms with E-state index in [-0.39, 0.29) is 5.56 Å². The molecule has 0 aromatic carbocycles. The van der Waals surface area contributed by atoms with Crippen LogP contribution in [0, 0.1) is 0 Å². The van der Waals surface area contributed by atoms with E-state index < -0.39 is 11.6 Å². The highest BCUT2D eigenvalue weighted by Gasteiger charge is 2.18. The largest absolute Gasteiger partial charge is 0.478 e. The summed E-state index contributed by atoms with van der Waals surface area (Å²) in [4.78, 5) is 16.7. The van der Waals surface area contributed by atoms with Crippen LogP contribution in [-0.2, 0) is 0 Å². The molecule has 0 radical (unpaired) electrons. The van der Waals surface area contributed by atoms with E-state index in [1.54, 1.807) is 19.9 Å². The molecule has 1 rings (SSSR count). The summed E-state index contributed by atoms with van der Waals surface area (Å²) in [7, 11) is 0. The van der Waals surface area contributed by atoms with Crippen LogP contribution in [0.2, 0.25) is 0 Å². The van der Waals surface area contributed by atoms with Crippen LogP contribution in [0.15, 0.2) is 18.3 Å². The lowest BCUT2D eigenvalue weighted by atomic mass is 10.1. The number of carbonyl (C=O) groups is 1. The van der Waals surface area contributed by atoms with Gasteiger partial charge in [-0.1, -0.05) is 0 Å². The molecule has 0 saturated heterocycles. The van der Waals surface area contributed by atoms with Gasteiger partial charge in [0.1, 0.15) is 5.82 Å². The molecule has 0 spiro atoms. The van der Waals surface area contributed by atoms with Gasteiger partial charge in [0.25, 0.3) is 0 Å². The molecule has 5 heteroatoms. The lowest BCUT2D eigenvalue weighted by molar-refractivity contribution is 0.0695. The maximum atomic E-state index is 10.7. The molecule has 0 atom stereocenters. The molecule has 2 N–H and O–H groups in total. The van der Waals surface area contributed by atoms with Crippen molar-refractivity contribution in [1.82, 2.24) is 4.98 Å². The van der Waals surface area contributed by atoms with Crippen LogP contribution in [0.25, 0.3) is 0 Å². The Hall–Kier alpha value is -1.62. The number of pyridine rings is 1. The highest BCUT2D eigenvalue weighted by molar-refractivity contribution is 5.87. The van der Waals surface area contributed by atoms with Crippen molar-refractivity contribution in [2.45, 2.75) is 26.4 Å². The maximum absolute atomic E-state index is 10.7. The minimum atomic E-state index is -0.991. The lowest BCUT2D eigenvalue weighted by Gasteiger charge is -2.28. The molecule has 0 aliphatic heterocycles. The van der Waals surface area contributed by atoms with Gasteiger partial charge in [-0.2, -0.15) is 0 Å². The van der Waals surface area contributed by atoms with Crippen molar-refractivity contribution in [1.29, 1.82) is 0 Å². The summed E-state index contributed by atoms with van der Waals surface area (Å²) in [5, 5.41) is 18.5. The van der Waals surface area contributed by atoms with Crippen molar-refractivity contribution >= 4 is 11.8 Å². The van der Waals surface area contributed by atoms with Crippen molar-refractivity contribution in [3.8, 4) is 0 Å². The van der Waals surface area contributed by atoms with Gasteiger partial charge in [-0.25, -0.2) is 9.78 Å². The van der Waals surface area contributed by atoms with Gasteiger partial charge in [0, 0.05) is 19.3 Å². The third-order valence-electron chi connectivity index (χ3n) is 2.28. The monoisotopic (exact) mass is 238 g/mol. The number of aromatic nitrogens is 1. The number of nitrogens with zero attached hydrogens (tertiary/aromatic N) is 2. The first-order chi connectivity index (χ1) is 7.83. The second-order valence-electron chi connectivity index (χ2n) is 4.54. The predicted octanol–water partition coefficient (Wildman–Crippen LogP) is 1.38. The SMILES string of the molecule is CCN(CC(C)(C)O)c1ccc(C(=O)O)cn1.